The summed E-state index contributed by atoms with van der Waals surface area (Å²) < 4.78 is 0. The van der Waals surface area contributed by atoms with E-state index in [-0.39, 0.29) is 11.8 Å². The molecule has 2 atom stereocenters. The average Bonchev–Trinajstić information content (AvgIpc) is 3.14. The fourth-order valence-electron chi connectivity index (χ4n) is 6.76. The average molecular weight is 606 g/mol. The third-order valence-corrected chi connectivity index (χ3v) is 8.97. The zero-order valence-electron chi connectivity index (χ0n) is 25.6. The van der Waals surface area contributed by atoms with Gasteiger partial charge in [0, 0.05) is 42.2 Å². The fraction of sp³-hybridized carbons (Fsp3) is 0.0476. The van der Waals surface area contributed by atoms with Crippen LogP contribution in [0, 0.1) is 17.2 Å². The van der Waals surface area contributed by atoms with Crippen molar-refractivity contribution in [1.82, 2.24) is 9.97 Å². The van der Waals surface area contributed by atoms with Crippen LogP contribution in [-0.2, 0) is 0 Å². The van der Waals surface area contributed by atoms with E-state index in [1.807, 2.05) is 61.1 Å². The van der Waals surface area contributed by atoms with Crippen LogP contribution in [0.2, 0.25) is 0 Å². The first-order valence-electron chi connectivity index (χ1n) is 15.8. The first-order chi connectivity index (χ1) is 23.2. The number of allylic oxidation sites excluding steroid dienone is 8. The van der Waals surface area contributed by atoms with Crippen LogP contribution in [0.4, 0.5) is 5.69 Å². The number of fused-ring (bicyclic) bond motifs is 2. The summed E-state index contributed by atoms with van der Waals surface area (Å²) >= 11 is 0. The minimum absolute atomic E-state index is 0.211. The number of anilines is 1. The zero-order chi connectivity index (χ0) is 31.6. The van der Waals surface area contributed by atoms with Gasteiger partial charge in [-0.15, -0.1) is 0 Å². The quantitative estimate of drug-likeness (QED) is 0.157. The molecule has 0 fully saturated rings. The standard InChI is InChI=1S/C42H31N5/c43-39-25-31(29-8-5-9-30(24-29)32-10-6-22-44-26-32)18-21-40(39)47-46-34-19-16-28(17-20-34)41-35-12-1-3-14-37(35)42(33-11-7-23-45-27-33)38-15-4-2-13-36(38)41/h1-27,35,37,43,46H/b43-39?,47-40-/t35?,37-/m1/s1. The van der Waals surface area contributed by atoms with Crippen molar-refractivity contribution in [2.45, 2.75) is 0 Å². The van der Waals surface area contributed by atoms with Gasteiger partial charge in [-0.25, -0.2) is 0 Å². The van der Waals surface area contributed by atoms with Gasteiger partial charge in [-0.2, -0.15) is 5.10 Å². The molecule has 0 bridgehead atoms. The van der Waals surface area contributed by atoms with E-state index < -0.39 is 0 Å². The summed E-state index contributed by atoms with van der Waals surface area (Å²) in [4.78, 5) is 8.68. The third kappa shape index (κ3) is 5.49. The largest absolute Gasteiger partial charge is 0.299 e. The summed E-state index contributed by atoms with van der Waals surface area (Å²) in [6.45, 7) is 0. The molecule has 3 aromatic carbocycles. The van der Waals surface area contributed by atoms with Crippen LogP contribution in [0.25, 0.3) is 27.8 Å². The number of nitrogens with one attached hydrogen (secondary N) is 2. The number of rotatable bonds is 6. The predicted octanol–water partition coefficient (Wildman–Crippen LogP) is 7.35. The summed E-state index contributed by atoms with van der Waals surface area (Å²) in [6.07, 6.45) is 22.2. The van der Waals surface area contributed by atoms with E-state index in [1.54, 1.807) is 6.20 Å². The minimum atomic E-state index is 0.211. The Labute approximate surface area is 273 Å². The molecule has 5 aromatic rings. The molecule has 0 spiro atoms. The molecule has 47 heavy (non-hydrogen) atoms. The topological polar surface area (TPSA) is 74.0 Å². The van der Waals surface area contributed by atoms with Crippen molar-refractivity contribution in [2.24, 2.45) is 16.9 Å². The molecule has 0 aliphatic heterocycles. The maximum absolute atomic E-state index is 8.68. The normalized spacial score (nSPS) is 18.9. The van der Waals surface area contributed by atoms with Crippen molar-refractivity contribution in [3.05, 3.63) is 192 Å². The van der Waals surface area contributed by atoms with E-state index >= 15 is 0 Å². The molecular formula is C42H31N5. The smallest absolute Gasteiger partial charge is 0.108 e. The maximum Gasteiger partial charge on any atom is 0.108 e. The summed E-state index contributed by atoms with van der Waals surface area (Å²) in [5.74, 6) is 0.432. The van der Waals surface area contributed by atoms with Crippen LogP contribution in [0.5, 0.6) is 0 Å². The molecule has 5 heteroatoms. The molecule has 8 rings (SSSR count). The highest BCUT2D eigenvalue weighted by atomic mass is 15.3. The number of pyridine rings is 2. The number of aromatic nitrogens is 2. The van der Waals surface area contributed by atoms with Crippen molar-refractivity contribution in [2.75, 3.05) is 5.43 Å². The lowest BCUT2D eigenvalue weighted by molar-refractivity contribution is 0.686. The lowest BCUT2D eigenvalue weighted by Gasteiger charge is -2.33. The molecule has 224 valence electrons. The highest BCUT2D eigenvalue weighted by molar-refractivity contribution is 6.51. The molecule has 3 aliphatic carbocycles. The van der Waals surface area contributed by atoms with Crippen LogP contribution in [-0.4, -0.2) is 21.4 Å². The number of hydrogen-bond acceptors (Lipinski definition) is 5. The van der Waals surface area contributed by atoms with Gasteiger partial charge in [0.2, 0.25) is 0 Å². The molecule has 2 aromatic heterocycles. The van der Waals surface area contributed by atoms with Crippen molar-refractivity contribution in [3.63, 3.8) is 0 Å². The molecule has 0 amide bonds. The van der Waals surface area contributed by atoms with Crippen molar-refractivity contribution in [3.8, 4) is 11.1 Å². The second-order valence-electron chi connectivity index (χ2n) is 11.8. The Bertz CT molecular complexity index is 2280. The van der Waals surface area contributed by atoms with E-state index in [9.17, 15) is 0 Å². The van der Waals surface area contributed by atoms with Gasteiger partial charge in [0.1, 0.15) is 5.71 Å². The number of hydrogen-bond donors (Lipinski definition) is 2. The monoisotopic (exact) mass is 605 g/mol. The molecular weight excluding hydrogens is 574 g/mol. The predicted molar refractivity (Wildman–Crippen MR) is 192 cm³/mol. The Morgan fingerprint density at radius 1 is 0.596 bits per heavy atom. The second-order valence-corrected chi connectivity index (χ2v) is 11.8. The van der Waals surface area contributed by atoms with Gasteiger partial charge in [-0.1, -0.05) is 97.1 Å². The van der Waals surface area contributed by atoms with Gasteiger partial charge in [0.25, 0.3) is 0 Å². The van der Waals surface area contributed by atoms with Crippen LogP contribution in [0.3, 0.4) is 0 Å². The van der Waals surface area contributed by atoms with E-state index in [1.165, 1.54) is 27.1 Å². The van der Waals surface area contributed by atoms with Crippen molar-refractivity contribution in [1.29, 1.82) is 5.41 Å². The fourth-order valence-corrected chi connectivity index (χ4v) is 6.76. The molecule has 2 N–H and O–H groups in total. The van der Waals surface area contributed by atoms with Gasteiger partial charge in [0.15, 0.2) is 0 Å². The Balaban J connectivity index is 1.06. The summed E-state index contributed by atoms with van der Waals surface area (Å²) in [5, 5.41) is 15.8. The Morgan fingerprint density at radius 3 is 1.89 bits per heavy atom. The van der Waals surface area contributed by atoms with Gasteiger partial charge < -0.3 is 0 Å². The van der Waals surface area contributed by atoms with E-state index in [0.29, 0.717) is 11.4 Å². The molecule has 0 saturated heterocycles. The second kappa shape index (κ2) is 12.3. The van der Waals surface area contributed by atoms with Gasteiger partial charge >= 0.3 is 0 Å². The van der Waals surface area contributed by atoms with Gasteiger partial charge in [-0.05, 0) is 91.9 Å². The van der Waals surface area contributed by atoms with Gasteiger partial charge in [-0.3, -0.25) is 20.8 Å². The summed E-state index contributed by atoms with van der Waals surface area (Å²) in [7, 11) is 0. The first-order valence-corrected chi connectivity index (χ1v) is 15.8. The first kappa shape index (κ1) is 28.3. The Hall–Kier alpha value is -6.20. The molecule has 1 unspecified atom stereocenters. The zero-order valence-corrected chi connectivity index (χ0v) is 25.6. The van der Waals surface area contributed by atoms with Crippen LogP contribution in [0.1, 0.15) is 16.7 Å². The summed E-state index contributed by atoms with van der Waals surface area (Å²) in [5.41, 5.74) is 14.1. The van der Waals surface area contributed by atoms with Gasteiger partial charge in [0.05, 0.1) is 11.4 Å². The molecule has 5 nitrogen and oxygen atoms in total. The maximum atomic E-state index is 8.68. The lowest BCUT2D eigenvalue weighted by atomic mass is 9.70. The molecule has 0 saturated carbocycles. The van der Waals surface area contributed by atoms with E-state index in [0.717, 1.165) is 33.5 Å². The van der Waals surface area contributed by atoms with Crippen LogP contribution < -0.4 is 15.9 Å². The SMILES string of the molecule is N=C1C=C(c2cccc(-c3cccnc3)c2)C=C/C1=N/Nc1ccc(C2=c3ccccc3=C(c3cccnc3)[C@@H]3C=CC=CC23)cc1. The number of hydrazone groups is 1. The third-order valence-electron chi connectivity index (χ3n) is 8.97. The highest BCUT2D eigenvalue weighted by Gasteiger charge is 2.31. The Morgan fingerprint density at radius 2 is 1.23 bits per heavy atom. The Kier molecular flexibility index (Phi) is 7.40. The lowest BCUT2D eigenvalue weighted by Crippen LogP contribution is -2.40. The molecule has 0 radical (unpaired) electrons. The van der Waals surface area contributed by atoms with Crippen molar-refractivity contribution < 1.29 is 0 Å². The highest BCUT2D eigenvalue weighted by Crippen LogP contribution is 2.40. The minimum Gasteiger partial charge on any atom is -0.299 e. The number of benzene rings is 3. The van der Waals surface area contributed by atoms with E-state index in [4.69, 9.17) is 5.41 Å². The summed E-state index contributed by atoms with van der Waals surface area (Å²) in [6, 6.07) is 33.6. The van der Waals surface area contributed by atoms with E-state index in [2.05, 4.69) is 118 Å². The molecule has 3 aliphatic rings. The van der Waals surface area contributed by atoms with Crippen LogP contribution >= 0.6 is 0 Å². The van der Waals surface area contributed by atoms with Crippen LogP contribution in [0.15, 0.2) is 169 Å². The van der Waals surface area contributed by atoms with Crippen molar-refractivity contribution >= 4 is 33.8 Å². The number of nitrogens with zero attached hydrogens (tertiary/aromatic N) is 3. The molecule has 2 heterocycles.